The van der Waals surface area contributed by atoms with Crippen molar-refractivity contribution in [1.29, 1.82) is 0 Å². The largest absolute Gasteiger partial charge is 0.505 e. The van der Waals surface area contributed by atoms with Gasteiger partial charge in [-0.25, -0.2) is 4.79 Å². The molecule has 2 aromatic carbocycles. The molecule has 3 rings (SSSR count). The molecule has 1 heterocycles. The number of carbonyl (C=O) groups excluding carboxylic acids is 1. The fourth-order valence-electron chi connectivity index (χ4n) is 3.15. The first kappa shape index (κ1) is 22.9. The quantitative estimate of drug-likeness (QED) is 0.430. The summed E-state index contributed by atoms with van der Waals surface area (Å²) < 4.78 is 1.30. The Morgan fingerprint density at radius 3 is 2.44 bits per heavy atom. The average molecular weight is 456 g/mol. The number of pyridine rings is 1. The highest BCUT2D eigenvalue weighted by Crippen LogP contribution is 2.21. The van der Waals surface area contributed by atoms with Crippen LogP contribution in [0.1, 0.15) is 29.2 Å². The molecule has 0 bridgehead atoms. The Morgan fingerprint density at radius 1 is 1.09 bits per heavy atom. The molecule has 0 spiro atoms. The molecule has 166 valence electrons. The molecule has 32 heavy (non-hydrogen) atoms. The Morgan fingerprint density at radius 2 is 1.78 bits per heavy atom. The SMILES string of the molecule is Cc1ccc([C@H](CC(=O)O)NC(=O)Nc2c(O)ccn(Cc3ccccc3Cl)c2=O)cc1. The smallest absolute Gasteiger partial charge is 0.319 e. The highest BCUT2D eigenvalue weighted by atomic mass is 35.5. The number of hydrogen-bond acceptors (Lipinski definition) is 4. The summed E-state index contributed by atoms with van der Waals surface area (Å²) >= 11 is 6.16. The number of benzene rings is 2. The molecule has 2 amide bonds. The lowest BCUT2D eigenvalue weighted by Gasteiger charge is -2.18. The maximum atomic E-state index is 12.8. The van der Waals surface area contributed by atoms with Crippen molar-refractivity contribution in [2.45, 2.75) is 25.9 Å². The first-order chi connectivity index (χ1) is 15.2. The van der Waals surface area contributed by atoms with E-state index in [4.69, 9.17) is 11.6 Å². The third kappa shape index (κ3) is 5.67. The fourth-order valence-corrected chi connectivity index (χ4v) is 3.35. The lowest BCUT2D eigenvalue weighted by Crippen LogP contribution is -2.36. The van der Waals surface area contributed by atoms with E-state index in [1.807, 2.05) is 6.92 Å². The number of nitrogens with one attached hydrogen (secondary N) is 2. The first-order valence-corrected chi connectivity index (χ1v) is 10.1. The van der Waals surface area contributed by atoms with E-state index in [0.717, 1.165) is 5.56 Å². The van der Waals surface area contributed by atoms with Crippen LogP contribution in [-0.2, 0) is 11.3 Å². The molecular formula is C23H22ClN3O5. The maximum Gasteiger partial charge on any atom is 0.319 e. The summed E-state index contributed by atoms with van der Waals surface area (Å²) in [4.78, 5) is 36.7. The number of anilines is 1. The minimum atomic E-state index is -1.10. The van der Waals surface area contributed by atoms with Gasteiger partial charge in [-0.1, -0.05) is 59.6 Å². The predicted octanol–water partition coefficient (Wildman–Crippen LogP) is 3.90. The van der Waals surface area contributed by atoms with Crippen molar-refractivity contribution in [3.05, 3.63) is 92.9 Å². The average Bonchev–Trinajstić information content (AvgIpc) is 2.74. The number of aromatic hydroxyl groups is 1. The molecule has 0 saturated carbocycles. The Labute approximate surface area is 189 Å². The molecule has 0 saturated heterocycles. The van der Waals surface area contributed by atoms with Crippen LogP contribution in [0.5, 0.6) is 5.75 Å². The molecule has 0 aliphatic carbocycles. The van der Waals surface area contributed by atoms with Gasteiger partial charge in [0.15, 0.2) is 5.69 Å². The van der Waals surface area contributed by atoms with Gasteiger partial charge in [0.05, 0.1) is 19.0 Å². The van der Waals surface area contributed by atoms with Crippen LogP contribution in [0.15, 0.2) is 65.6 Å². The third-order valence-electron chi connectivity index (χ3n) is 4.84. The molecule has 0 fully saturated rings. The normalized spacial score (nSPS) is 11.6. The molecular weight excluding hydrogens is 434 g/mol. The van der Waals surface area contributed by atoms with E-state index in [0.29, 0.717) is 16.1 Å². The van der Waals surface area contributed by atoms with Gasteiger partial charge in [-0.3, -0.25) is 9.59 Å². The van der Waals surface area contributed by atoms with Gasteiger partial charge in [-0.15, -0.1) is 0 Å². The molecule has 0 unspecified atom stereocenters. The van der Waals surface area contributed by atoms with E-state index in [9.17, 15) is 24.6 Å². The van der Waals surface area contributed by atoms with Crippen LogP contribution in [0.4, 0.5) is 10.5 Å². The van der Waals surface area contributed by atoms with Crippen LogP contribution >= 0.6 is 11.6 Å². The number of halogens is 1. The lowest BCUT2D eigenvalue weighted by molar-refractivity contribution is -0.137. The number of aryl methyl sites for hydroxylation is 1. The Kier molecular flexibility index (Phi) is 7.17. The highest BCUT2D eigenvalue weighted by Gasteiger charge is 2.20. The standard InChI is InChI=1S/C23H22ClN3O5/c1-14-6-8-15(9-7-14)18(12-20(29)30)25-23(32)26-21-19(28)10-11-27(22(21)31)13-16-4-2-3-5-17(16)24/h2-11,18,28H,12-13H2,1H3,(H,29,30)(H2,25,26,32)/t18-/m0/s1. The number of nitrogens with zero attached hydrogens (tertiary/aromatic N) is 1. The minimum Gasteiger partial charge on any atom is -0.505 e. The number of carbonyl (C=O) groups is 2. The van der Waals surface area contributed by atoms with E-state index in [-0.39, 0.29) is 18.7 Å². The van der Waals surface area contributed by atoms with Gasteiger partial charge in [-0.05, 0) is 30.2 Å². The number of aliphatic carboxylic acids is 1. The second kappa shape index (κ2) is 10.0. The van der Waals surface area contributed by atoms with Crippen molar-refractivity contribution in [2.75, 3.05) is 5.32 Å². The van der Waals surface area contributed by atoms with Gasteiger partial charge in [0, 0.05) is 11.2 Å². The van der Waals surface area contributed by atoms with Gasteiger partial charge < -0.3 is 25.4 Å². The van der Waals surface area contributed by atoms with E-state index < -0.39 is 29.4 Å². The van der Waals surface area contributed by atoms with Crippen LogP contribution < -0.4 is 16.2 Å². The molecule has 0 radical (unpaired) electrons. The molecule has 0 aliphatic rings. The molecule has 8 nitrogen and oxygen atoms in total. The number of aromatic nitrogens is 1. The molecule has 9 heteroatoms. The summed E-state index contributed by atoms with van der Waals surface area (Å²) in [7, 11) is 0. The molecule has 1 aromatic heterocycles. The van der Waals surface area contributed by atoms with Gasteiger partial charge in [-0.2, -0.15) is 0 Å². The van der Waals surface area contributed by atoms with E-state index in [2.05, 4.69) is 10.6 Å². The Bertz CT molecular complexity index is 1190. The zero-order valence-corrected chi connectivity index (χ0v) is 18.0. The summed E-state index contributed by atoms with van der Waals surface area (Å²) in [6, 6.07) is 13.7. The van der Waals surface area contributed by atoms with Crippen molar-refractivity contribution in [3.8, 4) is 5.75 Å². The topological polar surface area (TPSA) is 121 Å². The third-order valence-corrected chi connectivity index (χ3v) is 5.21. The van der Waals surface area contributed by atoms with E-state index >= 15 is 0 Å². The van der Waals surface area contributed by atoms with Gasteiger partial charge in [0.2, 0.25) is 0 Å². The second-order valence-electron chi connectivity index (χ2n) is 7.26. The Balaban J connectivity index is 1.81. The van der Waals surface area contributed by atoms with Crippen LogP contribution in [0.3, 0.4) is 0 Å². The number of carboxylic acid groups (broad SMARTS) is 1. The second-order valence-corrected chi connectivity index (χ2v) is 7.67. The number of hydrogen-bond donors (Lipinski definition) is 4. The van der Waals surface area contributed by atoms with Crippen molar-refractivity contribution in [2.24, 2.45) is 0 Å². The van der Waals surface area contributed by atoms with Gasteiger partial charge in [0.25, 0.3) is 5.56 Å². The minimum absolute atomic E-state index is 0.139. The number of rotatable bonds is 7. The monoisotopic (exact) mass is 455 g/mol. The Hall–Kier alpha value is -3.78. The number of urea groups is 1. The van der Waals surface area contributed by atoms with Crippen molar-refractivity contribution >= 4 is 29.3 Å². The van der Waals surface area contributed by atoms with E-state index in [1.54, 1.807) is 48.5 Å². The van der Waals surface area contributed by atoms with Crippen molar-refractivity contribution in [3.63, 3.8) is 0 Å². The number of amides is 2. The summed E-state index contributed by atoms with van der Waals surface area (Å²) in [5.74, 6) is -1.51. The summed E-state index contributed by atoms with van der Waals surface area (Å²) in [6.07, 6.45) is 1.04. The van der Waals surface area contributed by atoms with Crippen molar-refractivity contribution in [1.82, 2.24) is 9.88 Å². The predicted molar refractivity (Wildman–Crippen MR) is 121 cm³/mol. The lowest BCUT2D eigenvalue weighted by atomic mass is 10.0. The van der Waals surface area contributed by atoms with Gasteiger partial charge >= 0.3 is 12.0 Å². The zero-order chi connectivity index (χ0) is 23.3. The van der Waals surface area contributed by atoms with Crippen LogP contribution in [-0.4, -0.2) is 26.8 Å². The summed E-state index contributed by atoms with van der Waals surface area (Å²) in [5.41, 5.74) is 1.32. The van der Waals surface area contributed by atoms with Crippen molar-refractivity contribution < 1.29 is 19.8 Å². The van der Waals surface area contributed by atoms with Crippen LogP contribution in [0.25, 0.3) is 0 Å². The van der Waals surface area contributed by atoms with Gasteiger partial charge in [0.1, 0.15) is 5.75 Å². The van der Waals surface area contributed by atoms with Crippen LogP contribution in [0, 0.1) is 6.92 Å². The maximum absolute atomic E-state index is 12.8. The summed E-state index contributed by atoms with van der Waals surface area (Å²) in [5, 5.41) is 24.7. The molecule has 1 atom stereocenters. The van der Waals surface area contributed by atoms with Crippen LogP contribution in [0.2, 0.25) is 5.02 Å². The molecule has 0 aliphatic heterocycles. The summed E-state index contributed by atoms with van der Waals surface area (Å²) in [6.45, 7) is 2.03. The zero-order valence-electron chi connectivity index (χ0n) is 17.2. The van der Waals surface area contributed by atoms with E-state index in [1.165, 1.54) is 16.8 Å². The first-order valence-electron chi connectivity index (χ1n) is 9.76. The highest BCUT2D eigenvalue weighted by molar-refractivity contribution is 6.31. The molecule has 3 aromatic rings. The fraction of sp³-hybridized carbons (Fsp3) is 0.174. The molecule has 4 N–H and O–H groups in total. The number of carboxylic acids is 1.